The fourth-order valence-corrected chi connectivity index (χ4v) is 3.54. The highest BCUT2D eigenvalue weighted by molar-refractivity contribution is 5.90. The molecule has 3 aromatic rings. The summed E-state index contributed by atoms with van der Waals surface area (Å²) in [7, 11) is 0. The maximum absolute atomic E-state index is 13.0. The number of hydrogen-bond donors (Lipinski definition) is 2. The van der Waals surface area contributed by atoms with E-state index < -0.39 is 17.9 Å². The third kappa shape index (κ3) is 7.74. The molecule has 3 aromatic carbocycles. The quantitative estimate of drug-likeness (QED) is 0.248. The SMILES string of the molecule is C#CCOc1ccccc1/C=N\NC(=O)[C@@H](Cc1ccccc1)NC(=O)COc1c(C)cccc1C. The van der Waals surface area contributed by atoms with Crippen LogP contribution >= 0.6 is 0 Å². The van der Waals surface area contributed by atoms with Crippen LogP contribution in [-0.2, 0) is 16.0 Å². The van der Waals surface area contributed by atoms with Crippen LogP contribution in [0.3, 0.4) is 0 Å². The van der Waals surface area contributed by atoms with Gasteiger partial charge in [0, 0.05) is 12.0 Å². The molecular weight excluding hydrogens is 454 g/mol. The van der Waals surface area contributed by atoms with Gasteiger partial charge >= 0.3 is 0 Å². The molecule has 0 unspecified atom stereocenters. The van der Waals surface area contributed by atoms with Gasteiger partial charge in [-0.3, -0.25) is 9.59 Å². The molecule has 1 atom stereocenters. The number of nitrogens with one attached hydrogen (secondary N) is 2. The third-order valence-corrected chi connectivity index (χ3v) is 5.30. The summed E-state index contributed by atoms with van der Waals surface area (Å²) in [5.74, 6) is 2.75. The second-order valence-corrected chi connectivity index (χ2v) is 8.08. The van der Waals surface area contributed by atoms with Gasteiger partial charge in [0.25, 0.3) is 11.8 Å². The fraction of sp³-hybridized carbons (Fsp3) is 0.207. The van der Waals surface area contributed by atoms with Crippen LogP contribution in [-0.4, -0.2) is 37.3 Å². The Kier molecular flexibility index (Phi) is 9.66. The van der Waals surface area contributed by atoms with Crippen molar-refractivity contribution in [2.45, 2.75) is 26.3 Å². The summed E-state index contributed by atoms with van der Waals surface area (Å²) in [6.45, 7) is 3.74. The summed E-state index contributed by atoms with van der Waals surface area (Å²) < 4.78 is 11.2. The van der Waals surface area contributed by atoms with Gasteiger partial charge in [-0.2, -0.15) is 5.10 Å². The molecule has 7 heteroatoms. The van der Waals surface area contributed by atoms with Crippen molar-refractivity contribution in [3.05, 3.63) is 95.1 Å². The Morgan fingerprint density at radius 3 is 2.39 bits per heavy atom. The minimum Gasteiger partial charge on any atom is -0.483 e. The molecule has 0 radical (unpaired) electrons. The minimum absolute atomic E-state index is 0.118. The molecule has 2 amide bonds. The molecular formula is C29H29N3O4. The van der Waals surface area contributed by atoms with Crippen molar-refractivity contribution in [2.24, 2.45) is 5.10 Å². The average Bonchev–Trinajstić information content (AvgIpc) is 2.88. The first-order chi connectivity index (χ1) is 17.5. The van der Waals surface area contributed by atoms with Crippen LogP contribution in [0, 0.1) is 26.2 Å². The van der Waals surface area contributed by atoms with Crippen molar-refractivity contribution >= 4 is 18.0 Å². The Morgan fingerprint density at radius 2 is 1.67 bits per heavy atom. The van der Waals surface area contributed by atoms with Gasteiger partial charge in [0.05, 0.1) is 6.21 Å². The maximum Gasteiger partial charge on any atom is 0.262 e. The Labute approximate surface area is 211 Å². The van der Waals surface area contributed by atoms with E-state index in [2.05, 4.69) is 21.8 Å². The molecule has 0 aliphatic rings. The molecule has 0 saturated carbocycles. The van der Waals surface area contributed by atoms with E-state index >= 15 is 0 Å². The number of nitrogens with zero attached hydrogens (tertiary/aromatic N) is 1. The number of aryl methyl sites for hydroxylation is 2. The highest BCUT2D eigenvalue weighted by Gasteiger charge is 2.21. The smallest absolute Gasteiger partial charge is 0.262 e. The lowest BCUT2D eigenvalue weighted by atomic mass is 10.1. The summed E-state index contributed by atoms with van der Waals surface area (Å²) >= 11 is 0. The van der Waals surface area contributed by atoms with Crippen molar-refractivity contribution in [3.8, 4) is 23.8 Å². The van der Waals surface area contributed by atoms with Crippen molar-refractivity contribution in [2.75, 3.05) is 13.2 Å². The number of benzene rings is 3. The number of hydrogen-bond acceptors (Lipinski definition) is 5. The lowest BCUT2D eigenvalue weighted by Crippen LogP contribution is -2.48. The molecule has 184 valence electrons. The van der Waals surface area contributed by atoms with Gasteiger partial charge in [-0.25, -0.2) is 5.43 Å². The standard InChI is InChI=1S/C29H29N3O4/c1-4-17-35-26-16-9-8-15-24(26)19-30-32-29(34)25(18-23-13-6-5-7-14-23)31-27(33)20-36-28-21(2)11-10-12-22(28)3/h1,5-16,19,25H,17-18,20H2,2-3H3,(H,31,33)(H,32,34)/b30-19-/t25-/m1/s1. The predicted molar refractivity (Wildman–Crippen MR) is 140 cm³/mol. The van der Waals surface area contributed by atoms with Gasteiger partial charge in [0.1, 0.15) is 24.1 Å². The predicted octanol–water partition coefficient (Wildman–Crippen LogP) is 3.57. The fourth-order valence-electron chi connectivity index (χ4n) is 3.54. The Hall–Kier alpha value is -4.57. The molecule has 0 spiro atoms. The summed E-state index contributed by atoms with van der Waals surface area (Å²) in [5.41, 5.74) is 5.92. The lowest BCUT2D eigenvalue weighted by molar-refractivity contribution is -0.130. The van der Waals surface area contributed by atoms with Crippen LogP contribution in [0.2, 0.25) is 0 Å². The molecule has 0 heterocycles. The van der Waals surface area contributed by atoms with Crippen molar-refractivity contribution in [3.63, 3.8) is 0 Å². The molecule has 0 aliphatic carbocycles. The summed E-state index contributed by atoms with van der Waals surface area (Å²) in [6.07, 6.45) is 7.02. The highest BCUT2D eigenvalue weighted by atomic mass is 16.5. The molecule has 0 fully saturated rings. The van der Waals surface area contributed by atoms with E-state index in [0.717, 1.165) is 16.7 Å². The zero-order valence-electron chi connectivity index (χ0n) is 20.4. The van der Waals surface area contributed by atoms with E-state index in [9.17, 15) is 9.59 Å². The molecule has 0 aromatic heterocycles. The first-order valence-electron chi connectivity index (χ1n) is 11.5. The number of para-hydroxylation sites is 2. The topological polar surface area (TPSA) is 89.0 Å². The Morgan fingerprint density at radius 1 is 0.972 bits per heavy atom. The van der Waals surface area contributed by atoms with E-state index in [0.29, 0.717) is 23.5 Å². The van der Waals surface area contributed by atoms with Gasteiger partial charge < -0.3 is 14.8 Å². The van der Waals surface area contributed by atoms with E-state index in [1.54, 1.807) is 12.1 Å². The second-order valence-electron chi connectivity index (χ2n) is 8.08. The molecule has 0 aliphatic heterocycles. The summed E-state index contributed by atoms with van der Waals surface area (Å²) in [4.78, 5) is 25.7. The highest BCUT2D eigenvalue weighted by Crippen LogP contribution is 2.22. The second kappa shape index (κ2) is 13.4. The number of terminal acetylenes is 1. The van der Waals surface area contributed by atoms with E-state index in [-0.39, 0.29) is 13.2 Å². The first-order valence-corrected chi connectivity index (χ1v) is 11.5. The van der Waals surface area contributed by atoms with E-state index in [1.807, 2.05) is 74.5 Å². The number of rotatable bonds is 11. The van der Waals surface area contributed by atoms with E-state index in [4.69, 9.17) is 15.9 Å². The van der Waals surface area contributed by atoms with Crippen molar-refractivity contribution in [1.82, 2.24) is 10.7 Å². The van der Waals surface area contributed by atoms with Crippen LogP contribution < -0.4 is 20.2 Å². The van der Waals surface area contributed by atoms with Crippen LogP contribution in [0.15, 0.2) is 77.9 Å². The van der Waals surface area contributed by atoms with Gasteiger partial charge in [0.2, 0.25) is 0 Å². The minimum atomic E-state index is -0.855. The van der Waals surface area contributed by atoms with Crippen molar-refractivity contribution < 1.29 is 19.1 Å². The molecule has 0 saturated heterocycles. The van der Waals surface area contributed by atoms with Gasteiger partial charge in [-0.1, -0.05) is 66.6 Å². The van der Waals surface area contributed by atoms with Crippen LogP contribution in [0.5, 0.6) is 11.5 Å². The number of hydrazone groups is 1. The Balaban J connectivity index is 1.67. The Bertz CT molecular complexity index is 1230. The van der Waals surface area contributed by atoms with Crippen LogP contribution in [0.4, 0.5) is 0 Å². The monoisotopic (exact) mass is 483 g/mol. The van der Waals surface area contributed by atoms with E-state index in [1.165, 1.54) is 6.21 Å². The molecule has 0 bridgehead atoms. The summed E-state index contributed by atoms with van der Waals surface area (Å²) in [5, 5.41) is 6.82. The van der Waals surface area contributed by atoms with Crippen LogP contribution in [0.1, 0.15) is 22.3 Å². The first kappa shape index (κ1) is 26.0. The van der Waals surface area contributed by atoms with Crippen LogP contribution in [0.25, 0.3) is 0 Å². The summed E-state index contributed by atoms with van der Waals surface area (Å²) in [6, 6.07) is 21.5. The average molecular weight is 484 g/mol. The number of amides is 2. The maximum atomic E-state index is 13.0. The molecule has 36 heavy (non-hydrogen) atoms. The number of ether oxygens (including phenoxy) is 2. The lowest BCUT2D eigenvalue weighted by Gasteiger charge is -2.18. The number of carbonyl (C=O) groups is 2. The molecule has 7 nitrogen and oxygen atoms in total. The normalized spacial score (nSPS) is 11.4. The third-order valence-electron chi connectivity index (χ3n) is 5.30. The van der Waals surface area contributed by atoms with Gasteiger partial charge in [-0.05, 0) is 42.7 Å². The zero-order valence-corrected chi connectivity index (χ0v) is 20.4. The van der Waals surface area contributed by atoms with Gasteiger partial charge in [-0.15, -0.1) is 6.42 Å². The molecule has 3 rings (SSSR count). The zero-order chi connectivity index (χ0) is 25.8. The van der Waals surface area contributed by atoms with Gasteiger partial charge in [0.15, 0.2) is 6.61 Å². The number of carbonyl (C=O) groups excluding carboxylic acids is 2. The van der Waals surface area contributed by atoms with Crippen molar-refractivity contribution in [1.29, 1.82) is 0 Å². The largest absolute Gasteiger partial charge is 0.483 e. The molecule has 2 N–H and O–H groups in total.